The number of benzene rings is 1. The van der Waals surface area contributed by atoms with Crippen molar-refractivity contribution in [2.24, 2.45) is 5.92 Å². The molecule has 1 amide bonds. The van der Waals surface area contributed by atoms with Crippen LogP contribution >= 0.6 is 0 Å². The van der Waals surface area contributed by atoms with Crippen molar-refractivity contribution >= 4 is 17.5 Å². The van der Waals surface area contributed by atoms with Gasteiger partial charge in [-0.1, -0.05) is 18.2 Å². The highest BCUT2D eigenvalue weighted by Gasteiger charge is 2.51. The maximum absolute atomic E-state index is 13.4. The molecule has 30 heavy (non-hydrogen) atoms. The number of aromatic nitrogens is 2. The first kappa shape index (κ1) is 19.4. The fourth-order valence-corrected chi connectivity index (χ4v) is 3.73. The summed E-state index contributed by atoms with van der Waals surface area (Å²) < 4.78 is 5.20. The largest absolute Gasteiger partial charge is 0.497 e. The zero-order valence-corrected chi connectivity index (χ0v) is 16.3. The average Bonchev–Trinajstić information content (AvgIpc) is 3.05. The van der Waals surface area contributed by atoms with Crippen LogP contribution in [-0.2, 0) is 16.1 Å². The van der Waals surface area contributed by atoms with E-state index in [2.05, 4.69) is 9.97 Å². The Hall–Kier alpha value is -3.87. The standard InChI is InChI=1S/C23H19N3O4/c1-30-18-6-2-5-17(12-18)21(27)19-20(16-7-10-24-11-8-16)26(23(29)22(19)28)14-15-4-3-9-25-13-15/h2-13,19-20H,14H2,1H3. The lowest BCUT2D eigenvalue weighted by Crippen LogP contribution is -2.30. The fraction of sp³-hybridized carbons (Fsp3) is 0.174. The maximum atomic E-state index is 13.4. The van der Waals surface area contributed by atoms with Gasteiger partial charge in [-0.25, -0.2) is 0 Å². The second-order valence-corrected chi connectivity index (χ2v) is 6.96. The quantitative estimate of drug-likeness (QED) is 0.358. The van der Waals surface area contributed by atoms with Crippen LogP contribution in [0.2, 0.25) is 0 Å². The van der Waals surface area contributed by atoms with Gasteiger partial charge in [0.1, 0.15) is 11.7 Å². The third-order valence-corrected chi connectivity index (χ3v) is 5.17. The molecular formula is C23H19N3O4. The Morgan fingerprint density at radius 3 is 2.53 bits per heavy atom. The summed E-state index contributed by atoms with van der Waals surface area (Å²) in [7, 11) is 1.50. The van der Waals surface area contributed by atoms with Crippen LogP contribution in [0.5, 0.6) is 5.75 Å². The summed E-state index contributed by atoms with van der Waals surface area (Å²) in [5, 5.41) is 0. The van der Waals surface area contributed by atoms with Crippen LogP contribution in [0, 0.1) is 5.92 Å². The Kier molecular flexibility index (Phi) is 5.34. The molecule has 0 radical (unpaired) electrons. The van der Waals surface area contributed by atoms with Crippen molar-refractivity contribution in [3.8, 4) is 5.75 Å². The van der Waals surface area contributed by atoms with Gasteiger partial charge in [0.25, 0.3) is 5.91 Å². The van der Waals surface area contributed by atoms with E-state index in [1.54, 1.807) is 67.3 Å². The minimum atomic E-state index is -1.15. The number of likely N-dealkylation sites (tertiary alicyclic amines) is 1. The van der Waals surface area contributed by atoms with E-state index in [0.29, 0.717) is 16.9 Å². The SMILES string of the molecule is COc1cccc(C(=O)C2C(=O)C(=O)N(Cc3cccnc3)C2c2ccncc2)c1. The van der Waals surface area contributed by atoms with E-state index in [4.69, 9.17) is 4.74 Å². The number of ether oxygens (including phenoxy) is 1. The molecule has 1 aliphatic heterocycles. The van der Waals surface area contributed by atoms with Gasteiger partial charge in [-0.2, -0.15) is 0 Å². The lowest BCUT2D eigenvalue weighted by atomic mass is 9.86. The summed E-state index contributed by atoms with van der Waals surface area (Å²) in [5.41, 5.74) is 1.77. The molecule has 0 spiro atoms. The van der Waals surface area contributed by atoms with Gasteiger partial charge in [0.2, 0.25) is 5.78 Å². The van der Waals surface area contributed by atoms with Crippen molar-refractivity contribution in [2.75, 3.05) is 7.11 Å². The molecule has 0 saturated carbocycles. The number of hydrogen-bond donors (Lipinski definition) is 0. The third kappa shape index (κ3) is 3.57. The highest BCUT2D eigenvalue weighted by Crippen LogP contribution is 2.39. The molecule has 0 bridgehead atoms. The molecule has 150 valence electrons. The summed E-state index contributed by atoms with van der Waals surface area (Å²) >= 11 is 0. The molecule has 1 saturated heterocycles. The van der Waals surface area contributed by atoms with E-state index in [-0.39, 0.29) is 6.54 Å². The van der Waals surface area contributed by atoms with Crippen molar-refractivity contribution in [1.29, 1.82) is 0 Å². The number of ketones is 2. The van der Waals surface area contributed by atoms with Crippen LogP contribution in [0.15, 0.2) is 73.3 Å². The van der Waals surface area contributed by atoms with Crippen molar-refractivity contribution in [2.45, 2.75) is 12.6 Å². The van der Waals surface area contributed by atoms with Gasteiger partial charge in [-0.15, -0.1) is 0 Å². The number of Topliss-reactive ketones (excluding diaryl/α,β-unsaturated/α-hetero) is 2. The zero-order chi connectivity index (χ0) is 21.1. The number of pyridine rings is 2. The van der Waals surface area contributed by atoms with Crippen molar-refractivity contribution in [1.82, 2.24) is 14.9 Å². The topological polar surface area (TPSA) is 89.5 Å². The van der Waals surface area contributed by atoms with Gasteiger partial charge < -0.3 is 9.64 Å². The molecule has 3 aromatic rings. The third-order valence-electron chi connectivity index (χ3n) is 5.17. The first-order valence-corrected chi connectivity index (χ1v) is 9.42. The van der Waals surface area contributed by atoms with Crippen molar-refractivity contribution in [3.05, 3.63) is 90.0 Å². The second kappa shape index (κ2) is 8.24. The number of carbonyl (C=O) groups is 3. The number of amides is 1. The van der Waals surface area contributed by atoms with Crippen LogP contribution in [0.4, 0.5) is 0 Å². The van der Waals surface area contributed by atoms with E-state index in [0.717, 1.165) is 5.56 Å². The molecule has 7 heteroatoms. The number of hydrogen-bond acceptors (Lipinski definition) is 6. The normalized spacial score (nSPS) is 18.5. The second-order valence-electron chi connectivity index (χ2n) is 6.96. The molecule has 4 rings (SSSR count). The van der Waals surface area contributed by atoms with E-state index >= 15 is 0 Å². The summed E-state index contributed by atoms with van der Waals surface area (Å²) in [5.74, 6) is -2.45. The molecule has 1 aromatic carbocycles. The predicted molar refractivity (Wildman–Crippen MR) is 108 cm³/mol. The maximum Gasteiger partial charge on any atom is 0.291 e. The van der Waals surface area contributed by atoms with Gasteiger partial charge in [0, 0.05) is 36.9 Å². The monoisotopic (exact) mass is 401 g/mol. The van der Waals surface area contributed by atoms with Gasteiger partial charge >= 0.3 is 0 Å². The highest BCUT2D eigenvalue weighted by molar-refractivity contribution is 6.44. The first-order valence-electron chi connectivity index (χ1n) is 9.42. The molecule has 2 atom stereocenters. The molecular weight excluding hydrogens is 382 g/mol. The Labute approximate surface area is 173 Å². The summed E-state index contributed by atoms with van der Waals surface area (Å²) in [4.78, 5) is 48.8. The van der Waals surface area contributed by atoms with E-state index in [9.17, 15) is 14.4 Å². The molecule has 0 N–H and O–H groups in total. The van der Waals surface area contributed by atoms with Crippen LogP contribution in [0.25, 0.3) is 0 Å². The van der Waals surface area contributed by atoms with Gasteiger partial charge in [0.05, 0.1) is 13.2 Å². The Morgan fingerprint density at radius 1 is 1.03 bits per heavy atom. The Morgan fingerprint density at radius 2 is 1.83 bits per heavy atom. The van der Waals surface area contributed by atoms with E-state index < -0.39 is 29.4 Å². The Balaban J connectivity index is 1.76. The van der Waals surface area contributed by atoms with Crippen molar-refractivity contribution in [3.63, 3.8) is 0 Å². The predicted octanol–water partition coefficient (Wildman–Crippen LogP) is 2.64. The summed E-state index contributed by atoms with van der Waals surface area (Å²) in [6, 6.07) is 12.9. The molecule has 3 heterocycles. The van der Waals surface area contributed by atoms with Crippen LogP contribution in [0.3, 0.4) is 0 Å². The van der Waals surface area contributed by atoms with Crippen LogP contribution < -0.4 is 4.74 Å². The molecule has 2 aromatic heterocycles. The molecule has 2 unspecified atom stereocenters. The summed E-state index contributed by atoms with van der Waals surface area (Å²) in [6.07, 6.45) is 6.43. The minimum Gasteiger partial charge on any atom is -0.497 e. The van der Waals surface area contributed by atoms with Crippen molar-refractivity contribution < 1.29 is 19.1 Å². The summed E-state index contributed by atoms with van der Waals surface area (Å²) in [6.45, 7) is 0.174. The fourth-order valence-electron chi connectivity index (χ4n) is 3.73. The number of rotatable bonds is 6. The molecule has 1 aliphatic rings. The minimum absolute atomic E-state index is 0.174. The van der Waals surface area contributed by atoms with Crippen LogP contribution in [-0.4, -0.2) is 39.5 Å². The van der Waals surface area contributed by atoms with E-state index in [1.165, 1.54) is 12.0 Å². The van der Waals surface area contributed by atoms with Gasteiger partial charge in [-0.05, 0) is 41.5 Å². The van der Waals surface area contributed by atoms with Gasteiger partial charge in [0.15, 0.2) is 5.78 Å². The number of methoxy groups -OCH3 is 1. The number of carbonyl (C=O) groups excluding carboxylic acids is 3. The molecule has 1 fully saturated rings. The smallest absolute Gasteiger partial charge is 0.291 e. The number of nitrogens with zero attached hydrogens (tertiary/aromatic N) is 3. The first-order chi connectivity index (χ1) is 14.6. The lowest BCUT2D eigenvalue weighted by Gasteiger charge is -2.27. The Bertz CT molecular complexity index is 1090. The van der Waals surface area contributed by atoms with Crippen LogP contribution in [0.1, 0.15) is 27.5 Å². The lowest BCUT2D eigenvalue weighted by molar-refractivity contribution is -0.141. The average molecular weight is 401 g/mol. The molecule has 7 nitrogen and oxygen atoms in total. The van der Waals surface area contributed by atoms with Gasteiger partial charge in [-0.3, -0.25) is 24.4 Å². The molecule has 0 aliphatic carbocycles. The van der Waals surface area contributed by atoms with E-state index in [1.807, 2.05) is 6.07 Å². The highest BCUT2D eigenvalue weighted by atomic mass is 16.5. The zero-order valence-electron chi connectivity index (χ0n) is 16.3.